The van der Waals surface area contributed by atoms with Gasteiger partial charge in [-0.25, -0.2) is 4.79 Å². The van der Waals surface area contributed by atoms with Crippen LogP contribution in [0, 0.1) is 11.3 Å². The van der Waals surface area contributed by atoms with Crippen molar-refractivity contribution < 1.29 is 14.3 Å². The van der Waals surface area contributed by atoms with Crippen LogP contribution < -0.4 is 4.74 Å². The fraction of sp³-hybridized carbons (Fsp3) is 0.471. The van der Waals surface area contributed by atoms with Gasteiger partial charge in [0.25, 0.3) is 0 Å². The van der Waals surface area contributed by atoms with E-state index in [0.717, 1.165) is 17.7 Å². The van der Waals surface area contributed by atoms with Gasteiger partial charge in [0.05, 0.1) is 7.11 Å². The highest BCUT2D eigenvalue weighted by molar-refractivity contribution is 5.92. The van der Waals surface area contributed by atoms with Gasteiger partial charge in [-0.2, -0.15) is 0 Å². The number of cyclic esters (lactones) is 1. The predicted octanol–water partition coefficient (Wildman–Crippen LogP) is 3.90. The number of carbonyl (C=O) groups excluding carboxylic acids is 1. The molecule has 3 nitrogen and oxygen atoms in total. The number of carbonyl (C=O) groups is 1. The summed E-state index contributed by atoms with van der Waals surface area (Å²) in [4.78, 5) is 11.9. The van der Waals surface area contributed by atoms with Crippen LogP contribution in [0.1, 0.15) is 38.9 Å². The van der Waals surface area contributed by atoms with Crippen LogP contribution in [0.25, 0.3) is 0 Å². The van der Waals surface area contributed by atoms with Crippen molar-refractivity contribution >= 4 is 5.97 Å². The molecule has 108 valence electrons. The second kappa shape index (κ2) is 5.31. The standard InChI is InChI=1S/C17H22O3/c1-11(2)10-17(4)12(3)16(18)20-15(17)13-6-8-14(19-5)9-7-13/h6-9,11,15H,3,10H2,1-2,4-5H3/t15-,17-/m1/s1. The molecule has 1 aliphatic rings. The van der Waals surface area contributed by atoms with Gasteiger partial charge < -0.3 is 9.47 Å². The second-order valence-electron chi connectivity index (χ2n) is 6.05. The molecule has 0 unspecified atom stereocenters. The van der Waals surface area contributed by atoms with E-state index in [9.17, 15) is 4.79 Å². The molecular formula is C17H22O3. The Kier molecular flexibility index (Phi) is 3.89. The maximum Gasteiger partial charge on any atom is 0.334 e. The van der Waals surface area contributed by atoms with Crippen molar-refractivity contribution in [3.8, 4) is 5.75 Å². The lowest BCUT2D eigenvalue weighted by atomic mass is 9.72. The summed E-state index contributed by atoms with van der Waals surface area (Å²) in [6.45, 7) is 10.3. The van der Waals surface area contributed by atoms with Crippen molar-refractivity contribution in [3.05, 3.63) is 42.0 Å². The number of benzene rings is 1. The number of rotatable bonds is 4. The highest BCUT2D eigenvalue weighted by Crippen LogP contribution is 2.52. The third-order valence-corrected chi connectivity index (χ3v) is 3.99. The van der Waals surface area contributed by atoms with Crippen molar-refractivity contribution in [3.63, 3.8) is 0 Å². The first kappa shape index (κ1) is 14.6. The van der Waals surface area contributed by atoms with Crippen LogP contribution in [0.5, 0.6) is 5.75 Å². The Morgan fingerprint density at radius 1 is 1.35 bits per heavy atom. The van der Waals surface area contributed by atoms with Gasteiger partial charge in [-0.05, 0) is 30.0 Å². The Balaban J connectivity index is 2.36. The van der Waals surface area contributed by atoms with Crippen molar-refractivity contribution in [1.82, 2.24) is 0 Å². The SMILES string of the molecule is C=C1C(=O)O[C@H](c2ccc(OC)cc2)[C@]1(C)CC(C)C. The van der Waals surface area contributed by atoms with Gasteiger partial charge in [-0.1, -0.05) is 39.5 Å². The average Bonchev–Trinajstić information content (AvgIpc) is 2.63. The fourth-order valence-electron chi connectivity index (χ4n) is 2.99. The van der Waals surface area contributed by atoms with E-state index in [0.29, 0.717) is 11.5 Å². The number of methoxy groups -OCH3 is 1. The molecule has 1 fully saturated rings. The van der Waals surface area contributed by atoms with Crippen LogP contribution in [0.2, 0.25) is 0 Å². The molecule has 2 rings (SSSR count). The maximum absolute atomic E-state index is 11.9. The van der Waals surface area contributed by atoms with Crippen molar-refractivity contribution in [1.29, 1.82) is 0 Å². The van der Waals surface area contributed by atoms with Crippen molar-refractivity contribution in [2.45, 2.75) is 33.3 Å². The fourth-order valence-corrected chi connectivity index (χ4v) is 2.99. The second-order valence-corrected chi connectivity index (χ2v) is 6.05. The molecule has 0 bridgehead atoms. The topological polar surface area (TPSA) is 35.5 Å². The van der Waals surface area contributed by atoms with Crippen LogP contribution in [0.3, 0.4) is 0 Å². The Labute approximate surface area is 120 Å². The Bertz CT molecular complexity index is 516. The van der Waals surface area contributed by atoms with E-state index in [4.69, 9.17) is 9.47 Å². The normalized spacial score (nSPS) is 25.9. The van der Waals surface area contributed by atoms with Gasteiger partial charge in [0, 0.05) is 11.0 Å². The quantitative estimate of drug-likeness (QED) is 0.617. The third-order valence-electron chi connectivity index (χ3n) is 3.99. The molecule has 0 aromatic heterocycles. The summed E-state index contributed by atoms with van der Waals surface area (Å²) in [7, 11) is 1.63. The molecule has 0 saturated carbocycles. The highest BCUT2D eigenvalue weighted by atomic mass is 16.6. The smallest absolute Gasteiger partial charge is 0.334 e. The van der Waals surface area contributed by atoms with Gasteiger partial charge >= 0.3 is 5.97 Å². The van der Waals surface area contributed by atoms with Gasteiger partial charge in [-0.15, -0.1) is 0 Å². The molecule has 0 N–H and O–H groups in total. The summed E-state index contributed by atoms with van der Waals surface area (Å²) in [5, 5.41) is 0. The first-order valence-electron chi connectivity index (χ1n) is 6.93. The van der Waals surface area contributed by atoms with E-state index in [-0.39, 0.29) is 17.5 Å². The van der Waals surface area contributed by atoms with Crippen LogP contribution in [0.15, 0.2) is 36.4 Å². The summed E-state index contributed by atoms with van der Waals surface area (Å²) in [6, 6.07) is 7.68. The lowest BCUT2D eigenvalue weighted by Crippen LogP contribution is -2.24. The van der Waals surface area contributed by atoms with Gasteiger partial charge in [0.2, 0.25) is 0 Å². The number of hydrogen-bond acceptors (Lipinski definition) is 3. The molecule has 3 heteroatoms. The summed E-state index contributed by atoms with van der Waals surface area (Å²) >= 11 is 0. The zero-order valence-electron chi connectivity index (χ0n) is 12.6. The van der Waals surface area contributed by atoms with E-state index in [1.807, 2.05) is 24.3 Å². The van der Waals surface area contributed by atoms with Crippen LogP contribution >= 0.6 is 0 Å². The maximum atomic E-state index is 11.9. The molecule has 1 aromatic rings. The molecule has 1 heterocycles. The molecule has 1 aliphatic heterocycles. The average molecular weight is 274 g/mol. The van der Waals surface area contributed by atoms with E-state index < -0.39 is 0 Å². The summed E-state index contributed by atoms with van der Waals surface area (Å²) in [6.07, 6.45) is 0.602. The molecular weight excluding hydrogens is 252 g/mol. The van der Waals surface area contributed by atoms with Crippen molar-refractivity contribution in [2.75, 3.05) is 7.11 Å². The lowest BCUT2D eigenvalue weighted by Gasteiger charge is -2.31. The van der Waals surface area contributed by atoms with E-state index in [1.54, 1.807) is 7.11 Å². The van der Waals surface area contributed by atoms with Gasteiger partial charge in [0.15, 0.2) is 0 Å². The van der Waals surface area contributed by atoms with Crippen LogP contribution in [-0.4, -0.2) is 13.1 Å². The third kappa shape index (κ3) is 2.45. The van der Waals surface area contributed by atoms with E-state index >= 15 is 0 Å². The summed E-state index contributed by atoms with van der Waals surface area (Å²) in [5.41, 5.74) is 1.22. The molecule has 0 aliphatic carbocycles. The number of esters is 1. The minimum Gasteiger partial charge on any atom is -0.497 e. The molecule has 2 atom stereocenters. The largest absolute Gasteiger partial charge is 0.497 e. The van der Waals surface area contributed by atoms with Gasteiger partial charge in [-0.3, -0.25) is 0 Å². The minimum absolute atomic E-state index is 0.268. The molecule has 1 aromatic carbocycles. The molecule has 0 amide bonds. The summed E-state index contributed by atoms with van der Waals surface area (Å²) < 4.78 is 10.7. The molecule has 0 radical (unpaired) electrons. The molecule has 1 saturated heterocycles. The van der Waals surface area contributed by atoms with E-state index in [2.05, 4.69) is 27.4 Å². The lowest BCUT2D eigenvalue weighted by molar-refractivity contribution is -0.140. The van der Waals surface area contributed by atoms with Crippen LogP contribution in [0.4, 0.5) is 0 Å². The Hall–Kier alpha value is -1.77. The molecule has 20 heavy (non-hydrogen) atoms. The van der Waals surface area contributed by atoms with Crippen molar-refractivity contribution in [2.24, 2.45) is 11.3 Å². The predicted molar refractivity (Wildman–Crippen MR) is 78.5 cm³/mol. The monoisotopic (exact) mass is 274 g/mol. The van der Waals surface area contributed by atoms with Crippen LogP contribution in [-0.2, 0) is 9.53 Å². The first-order valence-corrected chi connectivity index (χ1v) is 6.93. The minimum atomic E-state index is -0.347. The number of hydrogen-bond donors (Lipinski definition) is 0. The van der Waals surface area contributed by atoms with E-state index in [1.165, 1.54) is 0 Å². The zero-order chi connectivity index (χ0) is 14.9. The number of ether oxygens (including phenoxy) is 2. The van der Waals surface area contributed by atoms with Gasteiger partial charge in [0.1, 0.15) is 11.9 Å². The summed E-state index contributed by atoms with van der Waals surface area (Å²) in [5.74, 6) is 0.975. The Morgan fingerprint density at radius 2 is 1.95 bits per heavy atom. The Morgan fingerprint density at radius 3 is 2.45 bits per heavy atom. The molecule has 0 spiro atoms. The highest BCUT2D eigenvalue weighted by Gasteiger charge is 2.49. The first-order chi connectivity index (χ1) is 9.38. The zero-order valence-corrected chi connectivity index (χ0v) is 12.6.